The Kier molecular flexibility index (Phi) is 5.52. The zero-order valence-corrected chi connectivity index (χ0v) is 14.7. The van der Waals surface area contributed by atoms with Crippen molar-refractivity contribution >= 4 is 11.9 Å². The van der Waals surface area contributed by atoms with Crippen LogP contribution >= 0.6 is 0 Å². The Morgan fingerprint density at radius 2 is 1.41 bits per heavy atom. The second-order valence-corrected chi connectivity index (χ2v) is 5.87. The minimum atomic E-state index is -1.05. The van der Waals surface area contributed by atoms with Crippen LogP contribution in [0.2, 0.25) is 0 Å². The van der Waals surface area contributed by atoms with Crippen LogP contribution in [0.25, 0.3) is 11.1 Å². The molecule has 0 saturated carbocycles. The van der Waals surface area contributed by atoms with Crippen LogP contribution in [0.1, 0.15) is 17.3 Å². The number of carboxylic acids is 1. The van der Waals surface area contributed by atoms with Gasteiger partial charge in [-0.25, -0.2) is 9.59 Å². The Bertz CT molecular complexity index is 932. The Hall–Kier alpha value is -3.60. The van der Waals surface area contributed by atoms with Gasteiger partial charge in [-0.05, 0) is 48.4 Å². The van der Waals surface area contributed by atoms with Gasteiger partial charge in [0.15, 0.2) is 6.10 Å². The van der Waals surface area contributed by atoms with Crippen LogP contribution in [0.15, 0.2) is 78.9 Å². The van der Waals surface area contributed by atoms with E-state index in [1.807, 2.05) is 42.5 Å². The lowest BCUT2D eigenvalue weighted by atomic mass is 10.00. The van der Waals surface area contributed by atoms with Crippen molar-refractivity contribution in [3.8, 4) is 22.6 Å². The van der Waals surface area contributed by atoms with Crippen molar-refractivity contribution in [3.05, 3.63) is 84.4 Å². The molecule has 0 aromatic heterocycles. The van der Waals surface area contributed by atoms with E-state index in [0.29, 0.717) is 17.1 Å². The van der Waals surface area contributed by atoms with Gasteiger partial charge in [0.2, 0.25) is 0 Å². The summed E-state index contributed by atoms with van der Waals surface area (Å²) in [4.78, 5) is 23.5. The Morgan fingerprint density at radius 3 is 2.07 bits per heavy atom. The zero-order valence-electron chi connectivity index (χ0n) is 14.7. The van der Waals surface area contributed by atoms with Crippen LogP contribution in [0.5, 0.6) is 11.5 Å². The lowest BCUT2D eigenvalue weighted by Gasteiger charge is -2.12. The average molecular weight is 362 g/mol. The monoisotopic (exact) mass is 362 g/mol. The quantitative estimate of drug-likeness (QED) is 0.519. The number of carbonyl (C=O) groups is 2. The van der Waals surface area contributed by atoms with Crippen molar-refractivity contribution in [3.63, 3.8) is 0 Å². The van der Waals surface area contributed by atoms with Gasteiger partial charge in [0.1, 0.15) is 11.5 Å². The number of ether oxygens (including phenoxy) is 2. The molecule has 5 nitrogen and oxygen atoms in total. The van der Waals surface area contributed by atoms with Crippen LogP contribution in [0.4, 0.5) is 0 Å². The lowest BCUT2D eigenvalue weighted by molar-refractivity contribution is -0.144. The molecule has 0 aliphatic rings. The second-order valence-electron chi connectivity index (χ2n) is 5.87. The minimum Gasteiger partial charge on any atom is -0.479 e. The van der Waals surface area contributed by atoms with E-state index in [2.05, 4.69) is 0 Å². The first-order valence-electron chi connectivity index (χ1n) is 8.41. The molecule has 5 heteroatoms. The summed E-state index contributed by atoms with van der Waals surface area (Å²) in [5, 5.41) is 8.87. The molecular weight excluding hydrogens is 344 g/mol. The number of rotatable bonds is 6. The molecule has 0 aliphatic carbocycles. The summed E-state index contributed by atoms with van der Waals surface area (Å²) >= 11 is 0. The summed E-state index contributed by atoms with van der Waals surface area (Å²) < 4.78 is 10.7. The van der Waals surface area contributed by atoms with E-state index in [1.54, 1.807) is 36.4 Å². The molecule has 136 valence electrons. The number of carboxylic acid groups (broad SMARTS) is 1. The lowest BCUT2D eigenvalue weighted by Crippen LogP contribution is -2.22. The summed E-state index contributed by atoms with van der Waals surface area (Å²) in [5.74, 6) is -0.794. The summed E-state index contributed by atoms with van der Waals surface area (Å²) in [7, 11) is 0. The zero-order chi connectivity index (χ0) is 19.2. The molecule has 1 unspecified atom stereocenters. The highest BCUT2D eigenvalue weighted by atomic mass is 16.5. The van der Waals surface area contributed by atoms with Crippen molar-refractivity contribution in [2.75, 3.05) is 0 Å². The van der Waals surface area contributed by atoms with Crippen molar-refractivity contribution in [2.45, 2.75) is 13.0 Å². The molecule has 0 aliphatic heterocycles. The molecular formula is C22H18O5. The van der Waals surface area contributed by atoms with E-state index in [1.165, 1.54) is 6.92 Å². The van der Waals surface area contributed by atoms with Gasteiger partial charge in [0, 0.05) is 0 Å². The fourth-order valence-electron chi connectivity index (χ4n) is 2.53. The van der Waals surface area contributed by atoms with Gasteiger partial charge in [-0.3, -0.25) is 0 Å². The van der Waals surface area contributed by atoms with Gasteiger partial charge in [-0.15, -0.1) is 0 Å². The summed E-state index contributed by atoms with van der Waals surface area (Å²) in [6, 6.07) is 23.1. The largest absolute Gasteiger partial charge is 0.479 e. The third-order valence-electron chi connectivity index (χ3n) is 3.93. The van der Waals surface area contributed by atoms with Gasteiger partial charge >= 0.3 is 11.9 Å². The van der Waals surface area contributed by atoms with Gasteiger partial charge in [-0.2, -0.15) is 0 Å². The Morgan fingerprint density at radius 1 is 0.815 bits per heavy atom. The number of aliphatic carboxylic acids is 1. The molecule has 3 aromatic carbocycles. The van der Waals surface area contributed by atoms with Gasteiger partial charge in [-0.1, -0.05) is 48.5 Å². The van der Waals surface area contributed by atoms with E-state index in [0.717, 1.165) is 11.1 Å². The number of carbonyl (C=O) groups excluding carboxylic acids is 1. The van der Waals surface area contributed by atoms with Crippen molar-refractivity contribution in [2.24, 2.45) is 0 Å². The highest BCUT2D eigenvalue weighted by molar-refractivity contribution is 5.98. The maximum atomic E-state index is 12.6. The molecule has 27 heavy (non-hydrogen) atoms. The third kappa shape index (κ3) is 4.52. The third-order valence-corrected chi connectivity index (χ3v) is 3.93. The second kappa shape index (κ2) is 8.19. The fraction of sp³-hybridized carbons (Fsp3) is 0.0909. The Balaban J connectivity index is 1.76. The molecule has 0 bridgehead atoms. The summed E-state index contributed by atoms with van der Waals surface area (Å²) in [6.45, 7) is 1.44. The van der Waals surface area contributed by atoms with Crippen LogP contribution in [0.3, 0.4) is 0 Å². The van der Waals surface area contributed by atoms with Crippen LogP contribution < -0.4 is 9.47 Å². The molecule has 0 heterocycles. The van der Waals surface area contributed by atoms with E-state index in [9.17, 15) is 9.59 Å². The topological polar surface area (TPSA) is 72.8 Å². The normalized spacial score (nSPS) is 11.4. The molecule has 3 aromatic rings. The maximum Gasteiger partial charge on any atom is 0.344 e. The first-order chi connectivity index (χ1) is 13.0. The van der Waals surface area contributed by atoms with Crippen molar-refractivity contribution < 1.29 is 24.2 Å². The minimum absolute atomic E-state index is 0.346. The predicted molar refractivity (Wildman–Crippen MR) is 101 cm³/mol. The van der Waals surface area contributed by atoms with E-state index in [4.69, 9.17) is 14.6 Å². The smallest absolute Gasteiger partial charge is 0.344 e. The van der Waals surface area contributed by atoms with E-state index < -0.39 is 18.0 Å². The summed E-state index contributed by atoms with van der Waals surface area (Å²) in [6.07, 6.45) is -0.962. The summed E-state index contributed by atoms with van der Waals surface area (Å²) in [5.41, 5.74) is 2.18. The molecule has 0 amide bonds. The molecule has 0 fully saturated rings. The number of hydrogen-bond donors (Lipinski definition) is 1. The highest BCUT2D eigenvalue weighted by Crippen LogP contribution is 2.25. The molecule has 3 rings (SSSR count). The predicted octanol–water partition coefficient (Wildman–Crippen LogP) is 4.42. The van der Waals surface area contributed by atoms with Crippen LogP contribution in [-0.4, -0.2) is 23.1 Å². The van der Waals surface area contributed by atoms with E-state index >= 15 is 0 Å². The molecule has 0 saturated heterocycles. The van der Waals surface area contributed by atoms with Gasteiger partial charge in [0.25, 0.3) is 0 Å². The SMILES string of the molecule is CC(Oc1ccc(OC(=O)c2ccccc2-c2ccccc2)cc1)C(=O)O. The number of hydrogen-bond acceptors (Lipinski definition) is 4. The Labute approximate surface area is 156 Å². The van der Waals surface area contributed by atoms with Crippen LogP contribution in [0, 0.1) is 0 Å². The average Bonchev–Trinajstić information content (AvgIpc) is 2.70. The molecule has 0 spiro atoms. The van der Waals surface area contributed by atoms with Crippen molar-refractivity contribution in [1.29, 1.82) is 0 Å². The fourth-order valence-corrected chi connectivity index (χ4v) is 2.53. The molecule has 1 atom stereocenters. The van der Waals surface area contributed by atoms with Gasteiger partial charge in [0.05, 0.1) is 5.56 Å². The van der Waals surface area contributed by atoms with Crippen molar-refractivity contribution in [1.82, 2.24) is 0 Å². The van der Waals surface area contributed by atoms with E-state index in [-0.39, 0.29) is 0 Å². The maximum absolute atomic E-state index is 12.6. The standard InChI is InChI=1S/C22H18O5/c1-15(21(23)24)26-17-11-13-18(14-12-17)27-22(25)20-10-6-5-9-19(20)16-7-3-2-4-8-16/h2-15H,1H3,(H,23,24). The van der Waals surface area contributed by atoms with Crippen LogP contribution in [-0.2, 0) is 4.79 Å². The number of esters is 1. The highest BCUT2D eigenvalue weighted by Gasteiger charge is 2.15. The number of benzene rings is 3. The molecule has 1 N–H and O–H groups in total. The van der Waals surface area contributed by atoms with Gasteiger partial charge < -0.3 is 14.6 Å². The first-order valence-corrected chi connectivity index (χ1v) is 8.41. The molecule has 0 radical (unpaired) electrons. The first kappa shape index (κ1) is 18.2.